The molecule has 0 aliphatic heterocycles. The quantitative estimate of drug-likeness (QED) is 0.796. The summed E-state index contributed by atoms with van der Waals surface area (Å²) >= 11 is 3.37. The summed E-state index contributed by atoms with van der Waals surface area (Å²) < 4.78 is 1.06. The van der Waals surface area contributed by atoms with Crippen LogP contribution in [0.25, 0.3) is 5.57 Å². The van der Waals surface area contributed by atoms with Crippen molar-refractivity contribution >= 4 is 27.3 Å². The average molecular weight is 253 g/mol. The number of carbonyl (C=O) groups excluding carboxylic acids is 1. The van der Waals surface area contributed by atoms with E-state index in [1.165, 1.54) is 0 Å². The first-order valence-corrected chi connectivity index (χ1v) is 5.32. The molecule has 0 radical (unpaired) electrons. The largest absolute Gasteiger partial charge is 0.300 e. The van der Waals surface area contributed by atoms with Crippen LogP contribution < -0.4 is 0 Å². The van der Waals surface area contributed by atoms with E-state index in [1.54, 1.807) is 6.92 Å². The molecule has 0 saturated carbocycles. The van der Waals surface area contributed by atoms with Gasteiger partial charge in [0.1, 0.15) is 5.78 Å². The predicted molar refractivity (Wildman–Crippen MR) is 63.1 cm³/mol. The standard InChI is InChI=1S/C12H13BrO/c1-9(3-4-10(2)14)11-5-7-12(13)8-6-11/h5-8H,1,3-4H2,2H3. The Morgan fingerprint density at radius 2 is 1.86 bits per heavy atom. The molecular formula is C12H13BrO. The minimum atomic E-state index is 0.211. The molecule has 0 bridgehead atoms. The van der Waals surface area contributed by atoms with E-state index in [9.17, 15) is 4.79 Å². The molecule has 1 aromatic rings. The smallest absolute Gasteiger partial charge is 0.130 e. The van der Waals surface area contributed by atoms with Crippen LogP contribution in [0.2, 0.25) is 0 Å². The van der Waals surface area contributed by atoms with Crippen LogP contribution >= 0.6 is 15.9 Å². The Balaban J connectivity index is 2.61. The summed E-state index contributed by atoms with van der Waals surface area (Å²) in [5, 5.41) is 0. The van der Waals surface area contributed by atoms with Gasteiger partial charge in [-0.3, -0.25) is 0 Å². The van der Waals surface area contributed by atoms with Gasteiger partial charge < -0.3 is 4.79 Å². The van der Waals surface area contributed by atoms with Crippen LogP contribution in [0.15, 0.2) is 35.3 Å². The molecule has 0 aromatic heterocycles. The summed E-state index contributed by atoms with van der Waals surface area (Å²) in [5.74, 6) is 0.211. The molecule has 1 nitrogen and oxygen atoms in total. The van der Waals surface area contributed by atoms with E-state index in [0.29, 0.717) is 6.42 Å². The second kappa shape index (κ2) is 5.11. The second-order valence-electron chi connectivity index (χ2n) is 3.31. The molecule has 1 rings (SSSR count). The summed E-state index contributed by atoms with van der Waals surface area (Å²) in [5.41, 5.74) is 2.13. The van der Waals surface area contributed by atoms with Gasteiger partial charge in [-0.1, -0.05) is 34.6 Å². The molecule has 14 heavy (non-hydrogen) atoms. The third-order valence-corrected chi connectivity index (χ3v) is 2.56. The highest BCUT2D eigenvalue weighted by Gasteiger charge is 2.00. The topological polar surface area (TPSA) is 17.1 Å². The van der Waals surface area contributed by atoms with Crippen LogP contribution in [0.1, 0.15) is 25.3 Å². The maximum absolute atomic E-state index is 10.8. The Kier molecular flexibility index (Phi) is 4.08. The highest BCUT2D eigenvalue weighted by molar-refractivity contribution is 9.10. The van der Waals surface area contributed by atoms with Gasteiger partial charge in [0.25, 0.3) is 0 Å². The third-order valence-electron chi connectivity index (χ3n) is 2.03. The molecule has 0 unspecified atom stereocenters. The highest BCUT2D eigenvalue weighted by Crippen LogP contribution is 2.20. The van der Waals surface area contributed by atoms with Gasteiger partial charge in [0.05, 0.1) is 0 Å². The fraction of sp³-hybridized carbons (Fsp3) is 0.250. The third kappa shape index (κ3) is 3.46. The number of Topliss-reactive ketones (excluding diaryl/α,β-unsaturated/α-hetero) is 1. The average Bonchev–Trinajstić information content (AvgIpc) is 2.15. The van der Waals surface area contributed by atoms with Gasteiger partial charge in [0.15, 0.2) is 0 Å². The maximum atomic E-state index is 10.8. The molecule has 1 aromatic carbocycles. The van der Waals surface area contributed by atoms with E-state index in [0.717, 1.165) is 22.0 Å². The van der Waals surface area contributed by atoms with Gasteiger partial charge in [-0.15, -0.1) is 0 Å². The number of hydrogen-bond acceptors (Lipinski definition) is 1. The lowest BCUT2D eigenvalue weighted by Gasteiger charge is -2.04. The molecule has 0 N–H and O–H groups in total. The van der Waals surface area contributed by atoms with E-state index in [-0.39, 0.29) is 5.78 Å². The van der Waals surface area contributed by atoms with Crippen molar-refractivity contribution < 1.29 is 4.79 Å². The monoisotopic (exact) mass is 252 g/mol. The number of halogens is 1. The molecular weight excluding hydrogens is 240 g/mol. The van der Waals surface area contributed by atoms with Crippen LogP contribution in [-0.4, -0.2) is 5.78 Å². The summed E-state index contributed by atoms with van der Waals surface area (Å²) in [7, 11) is 0. The number of rotatable bonds is 4. The number of allylic oxidation sites excluding steroid dienone is 1. The van der Waals surface area contributed by atoms with E-state index >= 15 is 0 Å². The van der Waals surface area contributed by atoms with Crippen molar-refractivity contribution in [2.24, 2.45) is 0 Å². The van der Waals surface area contributed by atoms with Crippen molar-refractivity contribution in [3.63, 3.8) is 0 Å². The first-order chi connectivity index (χ1) is 6.59. The highest BCUT2D eigenvalue weighted by atomic mass is 79.9. The van der Waals surface area contributed by atoms with Crippen molar-refractivity contribution in [1.29, 1.82) is 0 Å². The summed E-state index contributed by atoms with van der Waals surface area (Å²) in [4.78, 5) is 10.8. The summed E-state index contributed by atoms with van der Waals surface area (Å²) in [6.07, 6.45) is 1.33. The van der Waals surface area contributed by atoms with Crippen molar-refractivity contribution in [2.45, 2.75) is 19.8 Å². The lowest BCUT2D eigenvalue weighted by atomic mass is 10.0. The minimum Gasteiger partial charge on any atom is -0.300 e. The molecule has 0 heterocycles. The molecule has 0 aliphatic carbocycles. The van der Waals surface area contributed by atoms with Gasteiger partial charge in [0.2, 0.25) is 0 Å². The zero-order chi connectivity index (χ0) is 10.6. The molecule has 0 aliphatic rings. The number of carbonyl (C=O) groups is 1. The molecule has 0 spiro atoms. The second-order valence-corrected chi connectivity index (χ2v) is 4.23. The van der Waals surface area contributed by atoms with Crippen LogP contribution in [0, 0.1) is 0 Å². The van der Waals surface area contributed by atoms with E-state index in [1.807, 2.05) is 24.3 Å². The number of hydrogen-bond donors (Lipinski definition) is 0. The number of benzene rings is 1. The van der Waals surface area contributed by atoms with Gasteiger partial charge >= 0.3 is 0 Å². The molecule has 0 fully saturated rings. The lowest BCUT2D eigenvalue weighted by molar-refractivity contribution is -0.116. The van der Waals surface area contributed by atoms with E-state index < -0.39 is 0 Å². The van der Waals surface area contributed by atoms with Gasteiger partial charge in [0, 0.05) is 10.9 Å². The van der Waals surface area contributed by atoms with Crippen molar-refractivity contribution in [3.8, 4) is 0 Å². The minimum absolute atomic E-state index is 0.211. The molecule has 0 atom stereocenters. The normalized spacial score (nSPS) is 9.86. The Hall–Kier alpha value is -0.890. The van der Waals surface area contributed by atoms with Crippen LogP contribution in [0.5, 0.6) is 0 Å². The zero-order valence-corrected chi connectivity index (χ0v) is 9.80. The van der Waals surface area contributed by atoms with Crippen molar-refractivity contribution in [3.05, 3.63) is 40.9 Å². The van der Waals surface area contributed by atoms with Crippen LogP contribution in [-0.2, 0) is 4.79 Å². The van der Waals surface area contributed by atoms with Crippen molar-refractivity contribution in [1.82, 2.24) is 0 Å². The van der Waals surface area contributed by atoms with E-state index in [4.69, 9.17) is 0 Å². The van der Waals surface area contributed by atoms with Gasteiger partial charge in [-0.25, -0.2) is 0 Å². The van der Waals surface area contributed by atoms with Gasteiger partial charge in [-0.05, 0) is 36.6 Å². The summed E-state index contributed by atoms with van der Waals surface area (Å²) in [6.45, 7) is 5.57. The molecule has 0 saturated heterocycles. The van der Waals surface area contributed by atoms with Crippen LogP contribution in [0.3, 0.4) is 0 Å². The first-order valence-electron chi connectivity index (χ1n) is 4.53. The Morgan fingerprint density at radius 3 is 2.36 bits per heavy atom. The van der Waals surface area contributed by atoms with Crippen LogP contribution in [0.4, 0.5) is 0 Å². The SMILES string of the molecule is C=C(CCC(C)=O)c1ccc(Br)cc1. The predicted octanol–water partition coefficient (Wildman–Crippen LogP) is 3.83. The zero-order valence-electron chi connectivity index (χ0n) is 8.22. The molecule has 2 heteroatoms. The Bertz CT molecular complexity index is 338. The number of ketones is 1. The Morgan fingerprint density at radius 1 is 1.29 bits per heavy atom. The fourth-order valence-electron chi connectivity index (χ4n) is 1.16. The van der Waals surface area contributed by atoms with E-state index in [2.05, 4.69) is 22.5 Å². The van der Waals surface area contributed by atoms with Gasteiger partial charge in [-0.2, -0.15) is 0 Å². The molecule has 0 amide bonds. The first kappa shape index (κ1) is 11.2. The Labute approximate surface area is 93.0 Å². The summed E-state index contributed by atoms with van der Waals surface area (Å²) in [6, 6.07) is 7.97. The molecule has 74 valence electrons. The maximum Gasteiger partial charge on any atom is 0.130 e. The fourth-order valence-corrected chi connectivity index (χ4v) is 1.42. The lowest BCUT2D eigenvalue weighted by Crippen LogP contribution is -1.91. The van der Waals surface area contributed by atoms with Crippen molar-refractivity contribution in [2.75, 3.05) is 0 Å².